The SMILES string of the molecule is COC(CN=[N+]=[N-])CC(=O)CC(=O)OC(C)C. The molecule has 1 atom stereocenters. The Hall–Kier alpha value is -1.59. The number of ketones is 1. The fourth-order valence-electron chi connectivity index (χ4n) is 1.14. The number of hydrogen-bond donors (Lipinski definition) is 0. The van der Waals surface area contributed by atoms with E-state index in [9.17, 15) is 9.59 Å². The van der Waals surface area contributed by atoms with Crippen LogP contribution in [0, 0.1) is 0 Å². The number of methoxy groups -OCH3 is 1. The van der Waals surface area contributed by atoms with Crippen LogP contribution in [0.1, 0.15) is 26.7 Å². The molecular formula is C10H17N3O4. The Bertz CT molecular complexity index is 311. The first-order chi connectivity index (χ1) is 7.99. The Balaban J connectivity index is 4.05. The Kier molecular flexibility index (Phi) is 7.75. The van der Waals surface area contributed by atoms with Crippen LogP contribution in [0.25, 0.3) is 10.4 Å². The molecule has 0 aliphatic rings. The number of nitrogens with zero attached hydrogens (tertiary/aromatic N) is 3. The summed E-state index contributed by atoms with van der Waals surface area (Å²) < 4.78 is 9.78. The fraction of sp³-hybridized carbons (Fsp3) is 0.800. The number of rotatable bonds is 8. The summed E-state index contributed by atoms with van der Waals surface area (Å²) in [6.07, 6.45) is -0.987. The van der Waals surface area contributed by atoms with Gasteiger partial charge in [0.25, 0.3) is 0 Å². The van der Waals surface area contributed by atoms with Crippen molar-refractivity contribution in [3.05, 3.63) is 10.4 Å². The first kappa shape index (κ1) is 15.4. The van der Waals surface area contributed by atoms with Crippen LogP contribution < -0.4 is 0 Å². The molecule has 0 spiro atoms. The molecule has 1 unspecified atom stereocenters. The van der Waals surface area contributed by atoms with Crippen molar-refractivity contribution in [3.63, 3.8) is 0 Å². The van der Waals surface area contributed by atoms with Gasteiger partial charge in [0.1, 0.15) is 12.2 Å². The number of ether oxygens (including phenoxy) is 2. The summed E-state index contributed by atoms with van der Waals surface area (Å²) in [5, 5.41) is 3.31. The molecule has 0 saturated heterocycles. The standard InChI is InChI=1S/C10H17N3O4/c1-7(2)17-10(15)5-8(14)4-9(16-3)6-12-13-11/h7,9H,4-6H2,1-3H3. The lowest BCUT2D eigenvalue weighted by atomic mass is 10.1. The molecule has 0 N–H and O–H groups in total. The van der Waals surface area contributed by atoms with Crippen molar-refractivity contribution in [2.24, 2.45) is 5.11 Å². The normalized spacial score (nSPS) is 11.8. The number of carbonyl (C=O) groups is 2. The van der Waals surface area contributed by atoms with E-state index in [1.54, 1.807) is 13.8 Å². The average Bonchev–Trinajstić information content (AvgIpc) is 2.22. The lowest BCUT2D eigenvalue weighted by Crippen LogP contribution is -2.22. The van der Waals surface area contributed by atoms with Gasteiger partial charge in [-0.2, -0.15) is 0 Å². The molecule has 17 heavy (non-hydrogen) atoms. The van der Waals surface area contributed by atoms with E-state index in [1.807, 2.05) is 0 Å². The van der Waals surface area contributed by atoms with E-state index in [0.717, 1.165) is 0 Å². The minimum atomic E-state index is -0.552. The maximum Gasteiger partial charge on any atom is 0.313 e. The molecule has 0 saturated carbocycles. The van der Waals surface area contributed by atoms with E-state index in [-0.39, 0.29) is 31.3 Å². The van der Waals surface area contributed by atoms with Gasteiger partial charge in [-0.3, -0.25) is 9.59 Å². The predicted octanol–water partition coefficient (Wildman–Crippen LogP) is 1.61. The smallest absolute Gasteiger partial charge is 0.313 e. The fourth-order valence-corrected chi connectivity index (χ4v) is 1.14. The Labute approximate surface area is 99.7 Å². The summed E-state index contributed by atoms with van der Waals surface area (Å²) in [6.45, 7) is 3.49. The van der Waals surface area contributed by atoms with Gasteiger partial charge in [0.15, 0.2) is 0 Å². The summed E-state index contributed by atoms with van der Waals surface area (Å²) in [5.41, 5.74) is 8.13. The number of esters is 1. The van der Waals surface area contributed by atoms with Crippen LogP contribution in [0.4, 0.5) is 0 Å². The monoisotopic (exact) mass is 243 g/mol. The molecule has 0 heterocycles. The van der Waals surface area contributed by atoms with Crippen LogP contribution in [0.2, 0.25) is 0 Å². The van der Waals surface area contributed by atoms with E-state index >= 15 is 0 Å². The van der Waals surface area contributed by atoms with Crippen molar-refractivity contribution < 1.29 is 19.1 Å². The van der Waals surface area contributed by atoms with Crippen LogP contribution in [0.3, 0.4) is 0 Å². The summed E-state index contributed by atoms with van der Waals surface area (Å²) >= 11 is 0. The Morgan fingerprint density at radius 3 is 2.53 bits per heavy atom. The van der Waals surface area contributed by atoms with Crippen LogP contribution >= 0.6 is 0 Å². The summed E-state index contributed by atoms with van der Waals surface area (Å²) in [6, 6.07) is 0. The average molecular weight is 243 g/mol. The molecule has 0 aromatic rings. The molecule has 0 fully saturated rings. The van der Waals surface area contributed by atoms with Crippen molar-refractivity contribution in [3.8, 4) is 0 Å². The third-order valence-electron chi connectivity index (χ3n) is 1.85. The molecule has 7 heteroatoms. The van der Waals surface area contributed by atoms with Crippen molar-refractivity contribution >= 4 is 11.8 Å². The highest BCUT2D eigenvalue weighted by Crippen LogP contribution is 2.04. The molecule has 0 aromatic heterocycles. The molecule has 7 nitrogen and oxygen atoms in total. The van der Waals surface area contributed by atoms with Crippen LogP contribution in [-0.4, -0.2) is 37.6 Å². The topological polar surface area (TPSA) is 101 Å². The maximum absolute atomic E-state index is 11.5. The van der Waals surface area contributed by atoms with Crippen molar-refractivity contribution in [2.45, 2.75) is 38.9 Å². The minimum Gasteiger partial charge on any atom is -0.463 e. The number of Topliss-reactive ketones (excluding diaryl/α,β-unsaturated/α-hetero) is 1. The van der Waals surface area contributed by atoms with Gasteiger partial charge in [0.05, 0.1) is 18.8 Å². The molecule has 0 aromatic carbocycles. The third kappa shape index (κ3) is 8.24. The summed E-state index contributed by atoms with van der Waals surface area (Å²) in [5.74, 6) is -0.848. The van der Waals surface area contributed by atoms with Gasteiger partial charge in [-0.25, -0.2) is 0 Å². The highest BCUT2D eigenvalue weighted by Gasteiger charge is 2.17. The molecule has 96 valence electrons. The van der Waals surface area contributed by atoms with Gasteiger partial charge in [0, 0.05) is 18.4 Å². The molecular weight excluding hydrogens is 226 g/mol. The number of azide groups is 1. The molecule has 0 radical (unpaired) electrons. The second-order valence-corrected chi connectivity index (χ2v) is 3.73. The van der Waals surface area contributed by atoms with Gasteiger partial charge < -0.3 is 9.47 Å². The molecule has 0 amide bonds. The molecule has 0 aliphatic carbocycles. The minimum absolute atomic E-state index is 0.0305. The first-order valence-electron chi connectivity index (χ1n) is 5.24. The number of hydrogen-bond acceptors (Lipinski definition) is 5. The zero-order chi connectivity index (χ0) is 13.3. The molecule has 0 aliphatic heterocycles. The molecule has 0 rings (SSSR count). The van der Waals surface area contributed by atoms with E-state index in [1.165, 1.54) is 7.11 Å². The summed E-state index contributed by atoms with van der Waals surface area (Å²) in [4.78, 5) is 25.2. The summed E-state index contributed by atoms with van der Waals surface area (Å²) in [7, 11) is 1.41. The zero-order valence-electron chi connectivity index (χ0n) is 10.3. The second kappa shape index (κ2) is 8.55. The highest BCUT2D eigenvalue weighted by atomic mass is 16.5. The van der Waals surface area contributed by atoms with Gasteiger partial charge in [0.2, 0.25) is 0 Å². The van der Waals surface area contributed by atoms with Crippen LogP contribution in [0.15, 0.2) is 5.11 Å². The number of carbonyl (C=O) groups excluding carboxylic acids is 2. The second-order valence-electron chi connectivity index (χ2n) is 3.73. The Morgan fingerprint density at radius 2 is 2.06 bits per heavy atom. The Morgan fingerprint density at radius 1 is 1.41 bits per heavy atom. The van der Waals surface area contributed by atoms with Gasteiger partial charge >= 0.3 is 5.97 Å². The lowest BCUT2D eigenvalue weighted by molar-refractivity contribution is -0.149. The van der Waals surface area contributed by atoms with Crippen molar-refractivity contribution in [1.82, 2.24) is 0 Å². The van der Waals surface area contributed by atoms with E-state index < -0.39 is 12.1 Å². The first-order valence-corrected chi connectivity index (χ1v) is 5.24. The third-order valence-corrected chi connectivity index (χ3v) is 1.85. The highest BCUT2D eigenvalue weighted by molar-refractivity contribution is 5.95. The maximum atomic E-state index is 11.5. The van der Waals surface area contributed by atoms with Crippen molar-refractivity contribution in [1.29, 1.82) is 0 Å². The van der Waals surface area contributed by atoms with Gasteiger partial charge in [-0.05, 0) is 19.4 Å². The van der Waals surface area contributed by atoms with Crippen LogP contribution in [0.5, 0.6) is 0 Å². The van der Waals surface area contributed by atoms with Crippen LogP contribution in [-0.2, 0) is 19.1 Å². The van der Waals surface area contributed by atoms with E-state index in [4.69, 9.17) is 15.0 Å². The van der Waals surface area contributed by atoms with E-state index in [2.05, 4.69) is 10.0 Å². The zero-order valence-corrected chi connectivity index (χ0v) is 10.3. The predicted molar refractivity (Wildman–Crippen MR) is 60.3 cm³/mol. The van der Waals surface area contributed by atoms with Crippen molar-refractivity contribution in [2.75, 3.05) is 13.7 Å². The quantitative estimate of drug-likeness (QED) is 0.212. The molecule has 0 bridgehead atoms. The van der Waals surface area contributed by atoms with E-state index in [0.29, 0.717) is 0 Å². The lowest BCUT2D eigenvalue weighted by Gasteiger charge is -2.12. The van der Waals surface area contributed by atoms with Gasteiger partial charge in [-0.15, -0.1) is 0 Å². The largest absolute Gasteiger partial charge is 0.463 e. The van der Waals surface area contributed by atoms with Gasteiger partial charge in [-0.1, -0.05) is 5.11 Å².